The summed E-state index contributed by atoms with van der Waals surface area (Å²) in [5.74, 6) is 1.42. The van der Waals surface area contributed by atoms with Crippen molar-refractivity contribution >= 4 is 0 Å². The van der Waals surface area contributed by atoms with Crippen molar-refractivity contribution in [2.24, 2.45) is 5.73 Å². The smallest absolute Gasteiger partial charge is 0.161 e. The standard InChI is InChI=1S/C17H21NO2/c1-17(18,12-13-7-5-4-6-8-13)14-9-10-15(19-2)16(11-14)20-3/h4-11H,12,18H2,1-3H3. The minimum absolute atomic E-state index is 0.457. The van der Waals surface area contributed by atoms with Crippen LogP contribution in [0.4, 0.5) is 0 Å². The molecule has 0 aliphatic rings. The molecule has 2 N–H and O–H groups in total. The lowest BCUT2D eigenvalue weighted by Gasteiger charge is -2.26. The fourth-order valence-electron chi connectivity index (χ4n) is 2.31. The van der Waals surface area contributed by atoms with E-state index >= 15 is 0 Å². The normalized spacial score (nSPS) is 13.6. The zero-order chi connectivity index (χ0) is 14.6. The van der Waals surface area contributed by atoms with Crippen LogP contribution in [0.5, 0.6) is 11.5 Å². The van der Waals surface area contributed by atoms with Gasteiger partial charge in [-0.25, -0.2) is 0 Å². The van der Waals surface area contributed by atoms with Gasteiger partial charge in [0.15, 0.2) is 11.5 Å². The topological polar surface area (TPSA) is 44.5 Å². The molecule has 3 heteroatoms. The fraction of sp³-hybridized carbons (Fsp3) is 0.294. The third-order valence-electron chi connectivity index (χ3n) is 3.46. The highest BCUT2D eigenvalue weighted by molar-refractivity contribution is 5.45. The predicted molar refractivity (Wildman–Crippen MR) is 81.2 cm³/mol. The van der Waals surface area contributed by atoms with Gasteiger partial charge >= 0.3 is 0 Å². The molecule has 0 amide bonds. The van der Waals surface area contributed by atoms with E-state index in [4.69, 9.17) is 15.2 Å². The Morgan fingerprint density at radius 3 is 2.20 bits per heavy atom. The summed E-state index contributed by atoms with van der Waals surface area (Å²) in [5.41, 5.74) is 8.27. The van der Waals surface area contributed by atoms with Gasteiger partial charge in [0.2, 0.25) is 0 Å². The Labute approximate surface area is 120 Å². The molecule has 0 bridgehead atoms. The number of ether oxygens (including phenoxy) is 2. The van der Waals surface area contributed by atoms with Crippen molar-refractivity contribution in [2.45, 2.75) is 18.9 Å². The molecule has 106 valence electrons. The van der Waals surface area contributed by atoms with Gasteiger partial charge in [0.25, 0.3) is 0 Å². The third kappa shape index (κ3) is 3.11. The van der Waals surface area contributed by atoms with Crippen molar-refractivity contribution in [2.75, 3.05) is 14.2 Å². The van der Waals surface area contributed by atoms with Crippen LogP contribution in [0, 0.1) is 0 Å². The van der Waals surface area contributed by atoms with E-state index in [0.717, 1.165) is 12.0 Å². The molecule has 2 aromatic rings. The van der Waals surface area contributed by atoms with E-state index < -0.39 is 5.54 Å². The summed E-state index contributed by atoms with van der Waals surface area (Å²) in [7, 11) is 3.26. The lowest BCUT2D eigenvalue weighted by molar-refractivity contribution is 0.352. The Morgan fingerprint density at radius 2 is 1.60 bits per heavy atom. The highest BCUT2D eigenvalue weighted by atomic mass is 16.5. The number of benzene rings is 2. The molecule has 0 aromatic heterocycles. The molecule has 0 saturated heterocycles. The average Bonchev–Trinajstić information content (AvgIpc) is 2.47. The van der Waals surface area contributed by atoms with Crippen LogP contribution in [-0.2, 0) is 12.0 Å². The second-order valence-corrected chi connectivity index (χ2v) is 5.15. The molecule has 0 spiro atoms. The van der Waals surface area contributed by atoms with Gasteiger partial charge in [0, 0.05) is 5.54 Å². The van der Waals surface area contributed by atoms with Crippen molar-refractivity contribution in [1.29, 1.82) is 0 Å². The second kappa shape index (κ2) is 5.97. The van der Waals surface area contributed by atoms with E-state index in [-0.39, 0.29) is 0 Å². The van der Waals surface area contributed by atoms with Crippen LogP contribution in [0.25, 0.3) is 0 Å². The Balaban J connectivity index is 2.29. The van der Waals surface area contributed by atoms with Crippen LogP contribution >= 0.6 is 0 Å². The van der Waals surface area contributed by atoms with Gasteiger partial charge in [0.05, 0.1) is 14.2 Å². The molecule has 0 saturated carbocycles. The van der Waals surface area contributed by atoms with Gasteiger partial charge in [-0.2, -0.15) is 0 Å². The first-order valence-corrected chi connectivity index (χ1v) is 6.62. The Hall–Kier alpha value is -2.00. The highest BCUT2D eigenvalue weighted by Gasteiger charge is 2.23. The van der Waals surface area contributed by atoms with Crippen molar-refractivity contribution in [3.63, 3.8) is 0 Å². The molecule has 3 nitrogen and oxygen atoms in total. The van der Waals surface area contributed by atoms with Crippen LogP contribution < -0.4 is 15.2 Å². The monoisotopic (exact) mass is 271 g/mol. The van der Waals surface area contributed by atoms with E-state index in [1.54, 1.807) is 14.2 Å². The maximum atomic E-state index is 6.49. The maximum absolute atomic E-state index is 6.49. The first kappa shape index (κ1) is 14.4. The summed E-state index contributed by atoms with van der Waals surface area (Å²) in [6.07, 6.45) is 0.767. The number of nitrogens with two attached hydrogens (primary N) is 1. The van der Waals surface area contributed by atoms with E-state index in [9.17, 15) is 0 Å². The van der Waals surface area contributed by atoms with Crippen LogP contribution in [0.15, 0.2) is 48.5 Å². The molecule has 2 aromatic carbocycles. The average molecular weight is 271 g/mol. The Bertz CT molecular complexity index is 564. The van der Waals surface area contributed by atoms with Crippen LogP contribution in [0.1, 0.15) is 18.1 Å². The molecule has 0 aliphatic carbocycles. The lowest BCUT2D eigenvalue weighted by Crippen LogP contribution is -2.35. The molecule has 0 fully saturated rings. The van der Waals surface area contributed by atoms with Crippen LogP contribution in [0.3, 0.4) is 0 Å². The minimum Gasteiger partial charge on any atom is -0.493 e. The fourth-order valence-corrected chi connectivity index (χ4v) is 2.31. The molecule has 2 rings (SSSR count). The van der Waals surface area contributed by atoms with Gasteiger partial charge in [0.1, 0.15) is 0 Å². The number of methoxy groups -OCH3 is 2. The summed E-state index contributed by atoms with van der Waals surface area (Å²) in [6, 6.07) is 16.1. The van der Waals surface area contributed by atoms with Crippen molar-refractivity contribution in [3.8, 4) is 11.5 Å². The highest BCUT2D eigenvalue weighted by Crippen LogP contribution is 2.32. The summed E-state index contributed by atoms with van der Waals surface area (Å²) >= 11 is 0. The molecule has 0 aliphatic heterocycles. The summed E-state index contributed by atoms with van der Waals surface area (Å²) in [5, 5.41) is 0. The molecule has 20 heavy (non-hydrogen) atoms. The molecular formula is C17H21NO2. The second-order valence-electron chi connectivity index (χ2n) is 5.15. The quantitative estimate of drug-likeness (QED) is 0.908. The third-order valence-corrected chi connectivity index (χ3v) is 3.46. The van der Waals surface area contributed by atoms with Crippen molar-refractivity contribution in [1.82, 2.24) is 0 Å². The zero-order valence-electron chi connectivity index (χ0n) is 12.2. The lowest BCUT2D eigenvalue weighted by atomic mass is 9.86. The summed E-state index contributed by atoms with van der Waals surface area (Å²) in [6.45, 7) is 2.03. The van der Waals surface area contributed by atoms with E-state index in [1.807, 2.05) is 43.3 Å². The largest absolute Gasteiger partial charge is 0.493 e. The van der Waals surface area contributed by atoms with E-state index in [0.29, 0.717) is 11.5 Å². The molecule has 1 unspecified atom stereocenters. The Kier molecular flexibility index (Phi) is 4.30. The van der Waals surface area contributed by atoms with E-state index in [1.165, 1.54) is 5.56 Å². The SMILES string of the molecule is COc1ccc(C(C)(N)Cc2ccccc2)cc1OC. The number of hydrogen-bond acceptors (Lipinski definition) is 3. The Morgan fingerprint density at radius 1 is 0.950 bits per heavy atom. The number of hydrogen-bond donors (Lipinski definition) is 1. The zero-order valence-corrected chi connectivity index (χ0v) is 12.2. The minimum atomic E-state index is -0.457. The van der Waals surface area contributed by atoms with Gasteiger partial charge in [-0.3, -0.25) is 0 Å². The summed E-state index contributed by atoms with van der Waals surface area (Å²) in [4.78, 5) is 0. The maximum Gasteiger partial charge on any atom is 0.161 e. The van der Waals surface area contributed by atoms with Gasteiger partial charge in [-0.05, 0) is 36.6 Å². The first-order valence-electron chi connectivity index (χ1n) is 6.62. The molecule has 0 radical (unpaired) electrons. The van der Waals surface area contributed by atoms with Crippen molar-refractivity contribution in [3.05, 3.63) is 59.7 Å². The van der Waals surface area contributed by atoms with Gasteiger partial charge in [-0.15, -0.1) is 0 Å². The molecule has 1 atom stereocenters. The van der Waals surface area contributed by atoms with Gasteiger partial charge in [-0.1, -0.05) is 36.4 Å². The first-order chi connectivity index (χ1) is 9.56. The van der Waals surface area contributed by atoms with Crippen LogP contribution in [-0.4, -0.2) is 14.2 Å². The van der Waals surface area contributed by atoms with Crippen molar-refractivity contribution < 1.29 is 9.47 Å². The van der Waals surface area contributed by atoms with Crippen LogP contribution in [0.2, 0.25) is 0 Å². The summed E-state index contributed by atoms with van der Waals surface area (Å²) < 4.78 is 10.6. The molecular weight excluding hydrogens is 250 g/mol. The molecule has 0 heterocycles. The predicted octanol–water partition coefficient (Wildman–Crippen LogP) is 3.12. The van der Waals surface area contributed by atoms with Gasteiger partial charge < -0.3 is 15.2 Å². The van der Waals surface area contributed by atoms with E-state index in [2.05, 4.69) is 12.1 Å². The number of rotatable bonds is 5.